The molecule has 0 aliphatic carbocycles. The number of nitrogens with two attached hydrogens (primary N) is 1. The summed E-state index contributed by atoms with van der Waals surface area (Å²) >= 11 is 0. The smallest absolute Gasteiger partial charge is 0.127 e. The summed E-state index contributed by atoms with van der Waals surface area (Å²) in [5, 5.41) is 12.3. The van der Waals surface area contributed by atoms with Crippen LogP contribution in [0.25, 0.3) is 0 Å². The van der Waals surface area contributed by atoms with E-state index >= 15 is 0 Å². The van der Waals surface area contributed by atoms with Gasteiger partial charge in [0.2, 0.25) is 0 Å². The molecule has 0 radical (unpaired) electrons. The maximum absolute atomic E-state index is 13.1. The summed E-state index contributed by atoms with van der Waals surface area (Å²) in [5.41, 5.74) is 7.73. The Hall–Kier alpha value is -2.23. The standard InChI is InChI=1S/C14H15FN2O/c15-11-7-12(16)9-13(8-11)17-6-5-10-1-3-14(18)4-2-10/h1-4,7-9,17-18H,5-6,16H2. The number of anilines is 2. The molecule has 3 nitrogen and oxygen atoms in total. The third-order valence-corrected chi connectivity index (χ3v) is 2.60. The Labute approximate surface area is 105 Å². The molecule has 0 atom stereocenters. The minimum absolute atomic E-state index is 0.254. The number of phenolic OH excluding ortho intramolecular Hbond substituents is 1. The second-order valence-corrected chi connectivity index (χ2v) is 4.12. The number of aromatic hydroxyl groups is 1. The zero-order valence-electron chi connectivity index (χ0n) is 9.86. The molecule has 0 aromatic heterocycles. The minimum Gasteiger partial charge on any atom is -0.508 e. The Kier molecular flexibility index (Phi) is 3.67. The van der Waals surface area contributed by atoms with Crippen molar-refractivity contribution >= 4 is 11.4 Å². The number of halogens is 1. The van der Waals surface area contributed by atoms with Gasteiger partial charge in [0.05, 0.1) is 0 Å². The van der Waals surface area contributed by atoms with E-state index in [1.807, 2.05) is 12.1 Å². The normalized spacial score (nSPS) is 10.3. The number of phenols is 1. The van der Waals surface area contributed by atoms with Crippen LogP contribution in [-0.4, -0.2) is 11.7 Å². The number of hydrogen-bond acceptors (Lipinski definition) is 3. The molecule has 2 aromatic rings. The van der Waals surface area contributed by atoms with Crippen LogP contribution in [-0.2, 0) is 6.42 Å². The molecule has 0 aliphatic rings. The number of rotatable bonds is 4. The molecule has 4 N–H and O–H groups in total. The molecule has 0 amide bonds. The molecule has 2 rings (SSSR count). The SMILES string of the molecule is Nc1cc(F)cc(NCCc2ccc(O)cc2)c1. The summed E-state index contributed by atoms with van der Waals surface area (Å²) in [6, 6.07) is 11.4. The first-order chi connectivity index (χ1) is 8.63. The molecule has 94 valence electrons. The molecule has 0 aliphatic heterocycles. The largest absolute Gasteiger partial charge is 0.508 e. The number of benzene rings is 2. The minimum atomic E-state index is -0.345. The molecule has 2 aromatic carbocycles. The monoisotopic (exact) mass is 246 g/mol. The van der Waals surface area contributed by atoms with Gasteiger partial charge in [0.1, 0.15) is 11.6 Å². The average molecular weight is 246 g/mol. The fraction of sp³-hybridized carbons (Fsp3) is 0.143. The van der Waals surface area contributed by atoms with Gasteiger partial charge >= 0.3 is 0 Å². The number of nitrogen functional groups attached to an aromatic ring is 1. The van der Waals surface area contributed by atoms with E-state index in [-0.39, 0.29) is 11.6 Å². The Morgan fingerprint density at radius 2 is 1.83 bits per heavy atom. The molecule has 0 saturated carbocycles. The fourth-order valence-electron chi connectivity index (χ4n) is 1.73. The van der Waals surface area contributed by atoms with Crippen LogP contribution in [0.5, 0.6) is 5.75 Å². The van der Waals surface area contributed by atoms with E-state index in [0.717, 1.165) is 12.0 Å². The summed E-state index contributed by atoms with van der Waals surface area (Å²) in [7, 11) is 0. The molecule has 0 unspecified atom stereocenters. The van der Waals surface area contributed by atoms with E-state index in [4.69, 9.17) is 10.8 Å². The van der Waals surface area contributed by atoms with Crippen molar-refractivity contribution in [1.82, 2.24) is 0 Å². The van der Waals surface area contributed by atoms with Crippen LogP contribution in [0, 0.1) is 5.82 Å². The highest BCUT2D eigenvalue weighted by atomic mass is 19.1. The van der Waals surface area contributed by atoms with Gasteiger partial charge in [-0.2, -0.15) is 0 Å². The quantitative estimate of drug-likeness (QED) is 0.727. The highest BCUT2D eigenvalue weighted by Gasteiger charge is 1.98. The first-order valence-corrected chi connectivity index (χ1v) is 5.71. The van der Waals surface area contributed by atoms with E-state index < -0.39 is 0 Å². The second-order valence-electron chi connectivity index (χ2n) is 4.12. The maximum atomic E-state index is 13.1. The average Bonchev–Trinajstić information content (AvgIpc) is 2.30. The van der Waals surface area contributed by atoms with E-state index in [1.54, 1.807) is 18.2 Å². The van der Waals surface area contributed by atoms with Gasteiger partial charge in [0, 0.05) is 17.9 Å². The van der Waals surface area contributed by atoms with Gasteiger partial charge in [0.25, 0.3) is 0 Å². The first-order valence-electron chi connectivity index (χ1n) is 5.71. The van der Waals surface area contributed by atoms with E-state index in [2.05, 4.69) is 5.32 Å². The van der Waals surface area contributed by atoms with Crippen molar-refractivity contribution in [3.05, 3.63) is 53.8 Å². The van der Waals surface area contributed by atoms with Gasteiger partial charge in [-0.05, 0) is 42.3 Å². The molecule has 4 heteroatoms. The second kappa shape index (κ2) is 5.40. The van der Waals surface area contributed by atoms with E-state index in [1.165, 1.54) is 12.1 Å². The molecule has 0 saturated heterocycles. The summed E-state index contributed by atoms with van der Waals surface area (Å²) < 4.78 is 13.1. The Bertz CT molecular complexity index is 506. The van der Waals surface area contributed by atoms with Crippen LogP contribution in [0.4, 0.5) is 15.8 Å². The third-order valence-electron chi connectivity index (χ3n) is 2.60. The van der Waals surface area contributed by atoms with Crippen molar-refractivity contribution in [1.29, 1.82) is 0 Å². The summed E-state index contributed by atoms with van der Waals surface area (Å²) in [4.78, 5) is 0. The van der Waals surface area contributed by atoms with Gasteiger partial charge in [-0.15, -0.1) is 0 Å². The van der Waals surface area contributed by atoms with E-state index in [9.17, 15) is 4.39 Å². The molecule has 0 bridgehead atoms. The number of nitrogens with one attached hydrogen (secondary N) is 1. The molecule has 0 fully saturated rings. The van der Waals surface area contributed by atoms with Crippen LogP contribution < -0.4 is 11.1 Å². The van der Waals surface area contributed by atoms with Gasteiger partial charge in [-0.3, -0.25) is 0 Å². The van der Waals surface area contributed by atoms with Gasteiger partial charge < -0.3 is 16.2 Å². The maximum Gasteiger partial charge on any atom is 0.127 e. The Morgan fingerprint density at radius 3 is 2.50 bits per heavy atom. The molecular weight excluding hydrogens is 231 g/mol. The predicted molar refractivity (Wildman–Crippen MR) is 71.1 cm³/mol. The van der Waals surface area contributed by atoms with Crippen molar-refractivity contribution in [2.24, 2.45) is 0 Å². The van der Waals surface area contributed by atoms with E-state index in [0.29, 0.717) is 17.9 Å². The topological polar surface area (TPSA) is 58.3 Å². The zero-order valence-corrected chi connectivity index (χ0v) is 9.86. The van der Waals surface area contributed by atoms with Crippen molar-refractivity contribution in [2.75, 3.05) is 17.6 Å². The molecule has 18 heavy (non-hydrogen) atoms. The van der Waals surface area contributed by atoms with Gasteiger partial charge in [-0.25, -0.2) is 4.39 Å². The van der Waals surface area contributed by atoms with Gasteiger partial charge in [0.15, 0.2) is 0 Å². The van der Waals surface area contributed by atoms with Crippen molar-refractivity contribution in [2.45, 2.75) is 6.42 Å². The van der Waals surface area contributed by atoms with Crippen LogP contribution in [0.1, 0.15) is 5.56 Å². The lowest BCUT2D eigenvalue weighted by Gasteiger charge is -2.07. The van der Waals surface area contributed by atoms with Crippen LogP contribution in [0.2, 0.25) is 0 Å². The van der Waals surface area contributed by atoms with Crippen LogP contribution in [0.15, 0.2) is 42.5 Å². The lowest BCUT2D eigenvalue weighted by Crippen LogP contribution is -2.05. The lowest BCUT2D eigenvalue weighted by molar-refractivity contribution is 0.475. The summed E-state index contributed by atoms with van der Waals surface area (Å²) in [6.07, 6.45) is 0.788. The van der Waals surface area contributed by atoms with Crippen molar-refractivity contribution in [3.8, 4) is 5.75 Å². The molecular formula is C14H15FN2O. The Morgan fingerprint density at radius 1 is 1.11 bits per heavy atom. The highest BCUT2D eigenvalue weighted by molar-refractivity contribution is 5.54. The van der Waals surface area contributed by atoms with Crippen LogP contribution >= 0.6 is 0 Å². The summed E-state index contributed by atoms with van der Waals surface area (Å²) in [6.45, 7) is 0.674. The van der Waals surface area contributed by atoms with Crippen molar-refractivity contribution in [3.63, 3.8) is 0 Å². The summed E-state index contributed by atoms with van der Waals surface area (Å²) in [5.74, 6) is -0.0910. The highest BCUT2D eigenvalue weighted by Crippen LogP contribution is 2.15. The zero-order chi connectivity index (χ0) is 13.0. The molecule has 0 heterocycles. The molecule has 0 spiro atoms. The van der Waals surface area contributed by atoms with Crippen molar-refractivity contribution < 1.29 is 9.50 Å². The van der Waals surface area contributed by atoms with Crippen LogP contribution in [0.3, 0.4) is 0 Å². The fourth-order valence-corrected chi connectivity index (χ4v) is 1.73. The first kappa shape index (κ1) is 12.2. The van der Waals surface area contributed by atoms with Gasteiger partial charge in [-0.1, -0.05) is 12.1 Å². The number of hydrogen-bond donors (Lipinski definition) is 3. The lowest BCUT2D eigenvalue weighted by atomic mass is 10.1. The third kappa shape index (κ3) is 3.38. The Balaban J connectivity index is 1.90. The predicted octanol–water partition coefficient (Wildman–Crippen LogP) is 2.77.